The van der Waals surface area contributed by atoms with Gasteiger partial charge in [-0.1, -0.05) is 98.9 Å². The molecule has 0 unspecified atom stereocenters. The second-order valence-corrected chi connectivity index (χ2v) is 8.81. The molecule has 0 atom stereocenters. The lowest BCUT2D eigenvalue weighted by Crippen LogP contribution is -2.29. The van der Waals surface area contributed by atoms with E-state index in [0.717, 1.165) is 28.8 Å². The molecule has 0 saturated carbocycles. The van der Waals surface area contributed by atoms with E-state index in [-0.39, 0.29) is 0 Å². The average molecular weight is 454 g/mol. The third kappa shape index (κ3) is 6.95. The van der Waals surface area contributed by atoms with E-state index in [2.05, 4.69) is 87.8 Å². The summed E-state index contributed by atoms with van der Waals surface area (Å²) in [5.74, 6) is 0.542. The molecule has 0 aliphatic heterocycles. The van der Waals surface area contributed by atoms with Gasteiger partial charge in [-0.3, -0.25) is 4.99 Å². The van der Waals surface area contributed by atoms with Crippen LogP contribution in [0, 0.1) is 0 Å². The summed E-state index contributed by atoms with van der Waals surface area (Å²) in [5, 5.41) is 3.32. The van der Waals surface area contributed by atoms with Crippen LogP contribution in [0.3, 0.4) is 0 Å². The fourth-order valence-electron chi connectivity index (χ4n) is 3.92. The molecule has 0 heterocycles. The molecule has 34 heavy (non-hydrogen) atoms. The quantitative estimate of drug-likeness (QED) is 0.217. The zero-order chi connectivity index (χ0) is 25.1. The topological polar surface area (TPSA) is 50.4 Å². The molecule has 3 nitrogen and oxygen atoms in total. The Bertz CT molecular complexity index is 1050. The van der Waals surface area contributed by atoms with Crippen LogP contribution in [0.1, 0.15) is 56.9 Å². The monoisotopic (exact) mass is 453 g/mol. The molecule has 178 valence electrons. The highest BCUT2D eigenvalue weighted by Gasteiger charge is 2.34. The molecule has 3 heteroatoms. The Morgan fingerprint density at radius 3 is 1.82 bits per heavy atom. The highest BCUT2D eigenvalue weighted by molar-refractivity contribution is 5.79. The molecule has 0 fully saturated rings. The second-order valence-electron chi connectivity index (χ2n) is 8.81. The van der Waals surface area contributed by atoms with Gasteiger partial charge in [0, 0.05) is 11.7 Å². The summed E-state index contributed by atoms with van der Waals surface area (Å²) in [6, 6.07) is 29.2. The van der Waals surface area contributed by atoms with E-state index in [1.807, 2.05) is 50.2 Å². The normalized spacial score (nSPS) is 11.4. The first kappa shape index (κ1) is 26.7. The minimum Gasteiger partial charge on any atom is -0.388 e. The van der Waals surface area contributed by atoms with Crippen molar-refractivity contribution < 1.29 is 0 Å². The smallest absolute Gasteiger partial charge is 0.133 e. The Hall–Kier alpha value is -3.59. The molecule has 0 amide bonds. The van der Waals surface area contributed by atoms with Crippen molar-refractivity contribution in [3.8, 4) is 0 Å². The van der Waals surface area contributed by atoms with Crippen molar-refractivity contribution in [2.24, 2.45) is 10.7 Å². The number of nitrogens with zero attached hydrogens (tertiary/aromatic N) is 1. The maximum absolute atomic E-state index is 5.90. The molecule has 3 rings (SSSR count). The van der Waals surface area contributed by atoms with Gasteiger partial charge in [-0.2, -0.15) is 0 Å². The zero-order valence-corrected chi connectivity index (χ0v) is 21.3. The van der Waals surface area contributed by atoms with Crippen LogP contribution < -0.4 is 11.1 Å². The maximum Gasteiger partial charge on any atom is 0.133 e. The Kier molecular flexibility index (Phi) is 9.88. The summed E-state index contributed by atoms with van der Waals surface area (Å²) in [6.45, 7) is 18.4. The van der Waals surface area contributed by atoms with Gasteiger partial charge in [-0.15, -0.1) is 0 Å². The standard InChI is InChI=1S/C18H20N2.C13H19N/c1-14(2)18(20-15(3)19,16-10-6-4-7-11-16)17-12-8-5-9-13-17;1-5-12-7-6-8-13(9-12)11(4)14-10(2)3/h4-13H,1H2,2-3H3,(H2,19,20);6-10,14H,4-5H2,1-3H3. The van der Waals surface area contributed by atoms with Crippen LogP contribution in [-0.2, 0) is 12.0 Å². The summed E-state index contributed by atoms with van der Waals surface area (Å²) in [4.78, 5) is 4.74. The van der Waals surface area contributed by atoms with Gasteiger partial charge in [0.2, 0.25) is 0 Å². The minimum atomic E-state index is -0.624. The van der Waals surface area contributed by atoms with E-state index < -0.39 is 5.54 Å². The highest BCUT2D eigenvalue weighted by Crippen LogP contribution is 2.39. The molecule has 3 aromatic carbocycles. The van der Waals surface area contributed by atoms with Crippen LogP contribution >= 0.6 is 0 Å². The fraction of sp³-hybridized carbons (Fsp3) is 0.258. The number of benzene rings is 3. The third-order valence-corrected chi connectivity index (χ3v) is 5.49. The Morgan fingerprint density at radius 1 is 0.882 bits per heavy atom. The average Bonchev–Trinajstić information content (AvgIpc) is 2.83. The fourth-order valence-corrected chi connectivity index (χ4v) is 3.92. The number of aryl methyl sites for hydroxylation is 1. The molecule has 0 aliphatic rings. The predicted octanol–water partition coefficient (Wildman–Crippen LogP) is 7.10. The summed E-state index contributed by atoms with van der Waals surface area (Å²) < 4.78 is 0. The number of hydrogen-bond donors (Lipinski definition) is 2. The van der Waals surface area contributed by atoms with Crippen LogP contribution in [-0.4, -0.2) is 11.9 Å². The Balaban J connectivity index is 0.000000257. The lowest BCUT2D eigenvalue weighted by atomic mass is 9.78. The minimum absolute atomic E-state index is 0.438. The van der Waals surface area contributed by atoms with E-state index in [1.165, 1.54) is 11.1 Å². The van der Waals surface area contributed by atoms with Crippen molar-refractivity contribution in [2.75, 3.05) is 0 Å². The number of hydrogen-bond acceptors (Lipinski definition) is 2. The van der Waals surface area contributed by atoms with Crippen LogP contribution in [0.5, 0.6) is 0 Å². The number of nitrogens with two attached hydrogens (primary N) is 1. The van der Waals surface area contributed by atoms with E-state index >= 15 is 0 Å². The van der Waals surface area contributed by atoms with Gasteiger partial charge < -0.3 is 11.1 Å². The second kappa shape index (κ2) is 12.6. The number of nitrogens with one attached hydrogen (secondary N) is 1. The van der Waals surface area contributed by atoms with Gasteiger partial charge in [-0.25, -0.2) is 0 Å². The van der Waals surface area contributed by atoms with E-state index in [1.54, 1.807) is 0 Å². The first-order valence-electron chi connectivity index (χ1n) is 11.8. The molecule has 3 aromatic rings. The Morgan fingerprint density at radius 2 is 1.41 bits per heavy atom. The molecule has 0 bridgehead atoms. The SMILES string of the molecule is C=C(C)C(N=C(C)N)(c1ccccc1)c1ccccc1.C=C(NC(C)C)c1cccc(CC)c1. The molecule has 0 aliphatic carbocycles. The van der Waals surface area contributed by atoms with Gasteiger partial charge in [-0.05, 0) is 68.0 Å². The lowest BCUT2D eigenvalue weighted by Gasteiger charge is -2.32. The number of aliphatic imine (C=N–C) groups is 1. The van der Waals surface area contributed by atoms with Crippen molar-refractivity contribution in [3.05, 3.63) is 126 Å². The van der Waals surface area contributed by atoms with Crippen molar-refractivity contribution in [1.82, 2.24) is 5.32 Å². The number of amidine groups is 1. The van der Waals surface area contributed by atoms with Gasteiger partial charge in [0.25, 0.3) is 0 Å². The molecule has 0 spiro atoms. The third-order valence-electron chi connectivity index (χ3n) is 5.49. The summed E-state index contributed by atoms with van der Waals surface area (Å²) in [5.41, 5.74) is 11.9. The van der Waals surface area contributed by atoms with Gasteiger partial charge >= 0.3 is 0 Å². The van der Waals surface area contributed by atoms with Crippen LogP contribution in [0.2, 0.25) is 0 Å². The van der Waals surface area contributed by atoms with Crippen molar-refractivity contribution in [2.45, 2.75) is 52.6 Å². The molecular formula is C31H39N3. The van der Waals surface area contributed by atoms with Gasteiger partial charge in [0.15, 0.2) is 0 Å². The predicted molar refractivity (Wildman–Crippen MR) is 149 cm³/mol. The zero-order valence-electron chi connectivity index (χ0n) is 21.3. The van der Waals surface area contributed by atoms with Crippen LogP contribution in [0.25, 0.3) is 5.70 Å². The first-order valence-corrected chi connectivity index (χ1v) is 11.8. The summed E-state index contributed by atoms with van der Waals surface area (Å²) in [7, 11) is 0. The molecule has 0 radical (unpaired) electrons. The first-order chi connectivity index (χ1) is 16.2. The van der Waals surface area contributed by atoms with E-state index in [4.69, 9.17) is 10.7 Å². The van der Waals surface area contributed by atoms with Gasteiger partial charge in [0.05, 0.1) is 5.84 Å². The van der Waals surface area contributed by atoms with Crippen molar-refractivity contribution in [1.29, 1.82) is 0 Å². The van der Waals surface area contributed by atoms with Crippen LogP contribution in [0.4, 0.5) is 0 Å². The lowest BCUT2D eigenvalue weighted by molar-refractivity contribution is 0.640. The summed E-state index contributed by atoms with van der Waals surface area (Å²) >= 11 is 0. The van der Waals surface area contributed by atoms with E-state index in [0.29, 0.717) is 11.9 Å². The summed E-state index contributed by atoms with van der Waals surface area (Å²) in [6.07, 6.45) is 1.07. The molecule has 0 saturated heterocycles. The maximum atomic E-state index is 5.90. The van der Waals surface area contributed by atoms with Crippen molar-refractivity contribution in [3.63, 3.8) is 0 Å². The molecule has 3 N–H and O–H groups in total. The largest absolute Gasteiger partial charge is 0.388 e. The number of rotatable bonds is 8. The molecular weight excluding hydrogens is 414 g/mol. The molecule has 0 aromatic heterocycles. The Labute approximate surface area is 206 Å². The van der Waals surface area contributed by atoms with Gasteiger partial charge in [0.1, 0.15) is 5.54 Å². The van der Waals surface area contributed by atoms with Crippen molar-refractivity contribution >= 4 is 11.5 Å². The van der Waals surface area contributed by atoms with E-state index in [9.17, 15) is 0 Å². The van der Waals surface area contributed by atoms with Crippen LogP contribution in [0.15, 0.2) is 109 Å². The highest BCUT2D eigenvalue weighted by atomic mass is 14.9.